The zero-order chi connectivity index (χ0) is 10.1. The fourth-order valence-electron chi connectivity index (χ4n) is 1.14. The van der Waals surface area contributed by atoms with Gasteiger partial charge < -0.3 is 13.9 Å². The second kappa shape index (κ2) is 3.44. The van der Waals surface area contributed by atoms with Crippen LogP contribution in [0.25, 0.3) is 0 Å². The first-order valence-electron chi connectivity index (χ1n) is 4.50. The average molecular weight is 202 g/mol. The van der Waals surface area contributed by atoms with Crippen molar-refractivity contribution in [1.29, 1.82) is 0 Å². The van der Waals surface area contributed by atoms with Gasteiger partial charge in [-0.25, -0.2) is 0 Å². The van der Waals surface area contributed by atoms with Crippen molar-refractivity contribution >= 4 is 8.32 Å². The van der Waals surface area contributed by atoms with E-state index in [0.717, 1.165) is 0 Å². The number of hydrogen-bond acceptors (Lipinski definition) is 3. The predicted octanol–water partition coefficient (Wildman–Crippen LogP) is 2.11. The molecule has 0 spiro atoms. The Bertz CT molecular complexity index is 201. The van der Waals surface area contributed by atoms with E-state index in [1.165, 1.54) is 0 Å². The molecular formula is C9H18O3Si. The lowest BCUT2D eigenvalue weighted by Crippen LogP contribution is -2.35. The Morgan fingerprint density at radius 1 is 1.31 bits per heavy atom. The molecule has 0 aromatic heterocycles. The number of ether oxygens (including phenoxy) is 2. The van der Waals surface area contributed by atoms with Crippen LogP contribution in [0.4, 0.5) is 0 Å². The third kappa shape index (κ3) is 2.82. The maximum atomic E-state index is 5.72. The van der Waals surface area contributed by atoms with Gasteiger partial charge in [-0.1, -0.05) is 6.58 Å². The van der Waals surface area contributed by atoms with Gasteiger partial charge in [-0.15, -0.1) is 0 Å². The highest BCUT2D eigenvalue weighted by Crippen LogP contribution is 2.28. The molecule has 0 saturated carbocycles. The highest BCUT2D eigenvalue weighted by Gasteiger charge is 2.37. The van der Waals surface area contributed by atoms with E-state index >= 15 is 0 Å². The van der Waals surface area contributed by atoms with Gasteiger partial charge in [0.05, 0.1) is 13.2 Å². The Labute approximate surface area is 80.8 Å². The lowest BCUT2D eigenvalue weighted by atomic mass is 10.3. The van der Waals surface area contributed by atoms with Gasteiger partial charge in [-0.2, -0.15) is 0 Å². The molecule has 1 aliphatic heterocycles. The first-order chi connectivity index (χ1) is 5.83. The summed E-state index contributed by atoms with van der Waals surface area (Å²) < 4.78 is 16.6. The fraction of sp³-hybridized carbons (Fsp3) is 0.778. The molecule has 1 aliphatic rings. The smallest absolute Gasteiger partial charge is 0.242 e. The molecule has 1 rings (SSSR count). The van der Waals surface area contributed by atoms with Crippen LogP contribution in [-0.2, 0) is 13.9 Å². The molecule has 0 aliphatic carbocycles. The third-order valence-corrected chi connectivity index (χ3v) is 2.63. The highest BCUT2D eigenvalue weighted by atomic mass is 28.4. The molecule has 1 fully saturated rings. The van der Waals surface area contributed by atoms with Crippen LogP contribution in [0.1, 0.15) is 6.92 Å². The van der Waals surface area contributed by atoms with Gasteiger partial charge in [0.1, 0.15) is 5.76 Å². The lowest BCUT2D eigenvalue weighted by Gasteiger charge is -2.30. The Morgan fingerprint density at radius 2 is 1.77 bits per heavy atom. The lowest BCUT2D eigenvalue weighted by molar-refractivity contribution is -0.130. The van der Waals surface area contributed by atoms with E-state index in [4.69, 9.17) is 13.9 Å². The quantitative estimate of drug-likeness (QED) is 0.518. The summed E-state index contributed by atoms with van der Waals surface area (Å²) >= 11 is 0. The first-order valence-corrected chi connectivity index (χ1v) is 7.91. The van der Waals surface area contributed by atoms with E-state index < -0.39 is 14.1 Å². The van der Waals surface area contributed by atoms with Crippen molar-refractivity contribution in [3.05, 3.63) is 12.3 Å². The first kappa shape index (κ1) is 10.8. The monoisotopic (exact) mass is 202 g/mol. The molecule has 13 heavy (non-hydrogen) atoms. The summed E-state index contributed by atoms with van der Waals surface area (Å²) in [6.45, 7) is 13.3. The molecular weight excluding hydrogens is 184 g/mol. The van der Waals surface area contributed by atoms with Crippen LogP contribution >= 0.6 is 0 Å². The van der Waals surface area contributed by atoms with Crippen LogP contribution in [-0.4, -0.2) is 27.3 Å². The summed E-state index contributed by atoms with van der Waals surface area (Å²) in [4.78, 5) is 0. The van der Waals surface area contributed by atoms with Gasteiger partial charge in [0.15, 0.2) is 0 Å². The Balaban J connectivity index is 2.57. The standard InChI is InChI=1S/C9H18O3Si/c1-8(12-13(3,4)5)9(2)10-6-7-11-9/h1,6-7H2,2-5H3. The molecule has 0 unspecified atom stereocenters. The van der Waals surface area contributed by atoms with E-state index in [0.29, 0.717) is 19.0 Å². The Hall–Kier alpha value is -0.323. The molecule has 0 aromatic carbocycles. The van der Waals surface area contributed by atoms with Crippen molar-refractivity contribution < 1.29 is 13.9 Å². The van der Waals surface area contributed by atoms with E-state index in [-0.39, 0.29) is 0 Å². The molecule has 0 atom stereocenters. The molecule has 3 nitrogen and oxygen atoms in total. The molecule has 0 N–H and O–H groups in total. The van der Waals surface area contributed by atoms with Crippen molar-refractivity contribution in [3.8, 4) is 0 Å². The Kier molecular flexibility index (Phi) is 2.84. The second-order valence-electron chi connectivity index (χ2n) is 4.28. The van der Waals surface area contributed by atoms with E-state index in [1.807, 2.05) is 6.92 Å². The van der Waals surface area contributed by atoms with E-state index in [2.05, 4.69) is 26.2 Å². The summed E-state index contributed by atoms with van der Waals surface area (Å²) in [5.74, 6) is -0.121. The zero-order valence-electron chi connectivity index (χ0n) is 8.85. The number of hydrogen-bond donors (Lipinski definition) is 0. The van der Waals surface area contributed by atoms with Crippen LogP contribution in [0.15, 0.2) is 12.3 Å². The summed E-state index contributed by atoms with van der Waals surface area (Å²) in [6.07, 6.45) is 0. The fourth-order valence-corrected chi connectivity index (χ4v) is 2.06. The van der Waals surface area contributed by atoms with Gasteiger partial charge in [-0.05, 0) is 26.6 Å². The predicted molar refractivity (Wildman–Crippen MR) is 53.9 cm³/mol. The molecule has 1 saturated heterocycles. The normalized spacial score (nSPS) is 21.5. The highest BCUT2D eigenvalue weighted by molar-refractivity contribution is 6.70. The topological polar surface area (TPSA) is 27.7 Å². The molecule has 0 bridgehead atoms. The van der Waals surface area contributed by atoms with Crippen LogP contribution in [0.3, 0.4) is 0 Å². The van der Waals surface area contributed by atoms with Gasteiger partial charge in [0, 0.05) is 0 Å². The van der Waals surface area contributed by atoms with Gasteiger partial charge >= 0.3 is 0 Å². The summed E-state index contributed by atoms with van der Waals surface area (Å²) in [7, 11) is -1.59. The molecule has 4 heteroatoms. The molecule has 76 valence electrons. The largest absolute Gasteiger partial charge is 0.544 e. The van der Waals surface area contributed by atoms with Crippen LogP contribution in [0.5, 0.6) is 0 Å². The zero-order valence-corrected chi connectivity index (χ0v) is 9.85. The van der Waals surface area contributed by atoms with Crippen molar-refractivity contribution in [2.75, 3.05) is 13.2 Å². The molecule has 0 radical (unpaired) electrons. The molecule has 0 aromatic rings. The van der Waals surface area contributed by atoms with Gasteiger partial charge in [0.25, 0.3) is 0 Å². The van der Waals surface area contributed by atoms with Crippen molar-refractivity contribution in [3.63, 3.8) is 0 Å². The maximum absolute atomic E-state index is 5.72. The molecule has 0 amide bonds. The van der Waals surface area contributed by atoms with Crippen LogP contribution in [0, 0.1) is 0 Å². The SMILES string of the molecule is C=C(O[Si](C)(C)C)C1(C)OCCO1. The van der Waals surface area contributed by atoms with Crippen molar-refractivity contribution in [1.82, 2.24) is 0 Å². The van der Waals surface area contributed by atoms with Crippen molar-refractivity contribution in [2.24, 2.45) is 0 Å². The van der Waals surface area contributed by atoms with Crippen LogP contribution < -0.4 is 0 Å². The van der Waals surface area contributed by atoms with Crippen LogP contribution in [0.2, 0.25) is 19.6 Å². The minimum atomic E-state index is -1.59. The maximum Gasteiger partial charge on any atom is 0.242 e. The molecule has 1 heterocycles. The van der Waals surface area contributed by atoms with Gasteiger partial charge in [-0.3, -0.25) is 0 Å². The minimum Gasteiger partial charge on any atom is -0.544 e. The van der Waals surface area contributed by atoms with E-state index in [9.17, 15) is 0 Å². The average Bonchev–Trinajstić information content (AvgIpc) is 2.33. The number of rotatable bonds is 3. The van der Waals surface area contributed by atoms with Gasteiger partial charge in [0.2, 0.25) is 14.1 Å². The second-order valence-corrected chi connectivity index (χ2v) is 8.71. The van der Waals surface area contributed by atoms with Crippen molar-refractivity contribution in [2.45, 2.75) is 32.4 Å². The van der Waals surface area contributed by atoms with E-state index in [1.54, 1.807) is 0 Å². The Morgan fingerprint density at radius 3 is 2.15 bits per heavy atom. The third-order valence-electron chi connectivity index (χ3n) is 1.77. The summed E-state index contributed by atoms with van der Waals surface area (Å²) in [6, 6.07) is 0. The summed E-state index contributed by atoms with van der Waals surface area (Å²) in [5, 5.41) is 0. The minimum absolute atomic E-state index is 0.601. The summed E-state index contributed by atoms with van der Waals surface area (Å²) in [5.41, 5.74) is 0.